The zero-order valence-electron chi connectivity index (χ0n) is 21.8. The highest BCUT2D eigenvalue weighted by Gasteiger charge is 2.31. The summed E-state index contributed by atoms with van der Waals surface area (Å²) in [4.78, 5) is 28.8. The molecule has 0 aliphatic rings. The zero-order valence-corrected chi connectivity index (χ0v) is 23.3. The van der Waals surface area contributed by atoms with Gasteiger partial charge in [-0.05, 0) is 60.7 Å². The summed E-state index contributed by atoms with van der Waals surface area (Å²) in [6.07, 6.45) is 0.335. The van der Waals surface area contributed by atoms with Gasteiger partial charge in [-0.2, -0.15) is 0 Å². The lowest BCUT2D eigenvalue weighted by Gasteiger charge is -2.32. The van der Waals surface area contributed by atoms with Crippen molar-refractivity contribution < 1.29 is 14.3 Å². The van der Waals surface area contributed by atoms with Crippen molar-refractivity contribution in [3.8, 4) is 5.75 Å². The van der Waals surface area contributed by atoms with Gasteiger partial charge in [-0.15, -0.1) is 0 Å². The Morgan fingerprint density at radius 2 is 1.54 bits per heavy atom. The molecule has 1 N–H and O–H groups in total. The van der Waals surface area contributed by atoms with Gasteiger partial charge in [0, 0.05) is 35.1 Å². The molecular formula is C30H34Cl2N2O3. The summed E-state index contributed by atoms with van der Waals surface area (Å²) in [5.41, 5.74) is 3.60. The molecule has 0 saturated heterocycles. The van der Waals surface area contributed by atoms with E-state index in [2.05, 4.69) is 5.32 Å². The smallest absolute Gasteiger partial charge is 0.261 e. The second-order valence-corrected chi connectivity index (χ2v) is 10.5. The number of nitrogens with zero attached hydrogens (tertiary/aromatic N) is 1. The quantitative estimate of drug-likeness (QED) is 0.306. The Bertz CT molecular complexity index is 1170. The third-order valence-electron chi connectivity index (χ3n) is 5.90. The van der Waals surface area contributed by atoms with Crippen LogP contribution in [0.4, 0.5) is 0 Å². The van der Waals surface area contributed by atoms with Crippen LogP contribution < -0.4 is 10.1 Å². The van der Waals surface area contributed by atoms with Crippen LogP contribution in [0.15, 0.2) is 66.7 Å². The number of rotatable bonds is 11. The first-order chi connectivity index (χ1) is 17.6. The Morgan fingerprint density at radius 1 is 0.919 bits per heavy atom. The van der Waals surface area contributed by atoms with Crippen LogP contribution in [0.1, 0.15) is 36.1 Å². The maximum absolute atomic E-state index is 13.7. The van der Waals surface area contributed by atoms with E-state index in [0.29, 0.717) is 34.3 Å². The van der Waals surface area contributed by atoms with Crippen LogP contribution in [-0.4, -0.2) is 35.9 Å². The lowest BCUT2D eigenvalue weighted by Crippen LogP contribution is -2.52. The number of halogens is 2. The van der Waals surface area contributed by atoms with Crippen LogP contribution in [0, 0.1) is 19.8 Å². The maximum Gasteiger partial charge on any atom is 0.261 e. The first kappa shape index (κ1) is 28.5. The number of amides is 2. The van der Waals surface area contributed by atoms with Gasteiger partial charge in [-0.3, -0.25) is 9.59 Å². The van der Waals surface area contributed by atoms with Crippen LogP contribution in [0.3, 0.4) is 0 Å². The monoisotopic (exact) mass is 540 g/mol. The normalized spacial score (nSPS) is 11.8. The molecule has 0 radical (unpaired) electrons. The molecule has 2 amide bonds. The summed E-state index contributed by atoms with van der Waals surface area (Å²) in [5.74, 6) is 0.290. The fraction of sp³-hybridized carbons (Fsp3) is 0.333. The summed E-state index contributed by atoms with van der Waals surface area (Å²) in [5, 5.41) is 3.87. The standard InChI is InChI=1S/C30H34Cl2N2O3/c1-20(2)17-33-30(36)28(16-23-9-6-5-7-10-23)34(18-25-26(31)11-8-12-27(25)32)29(35)19-37-24-14-21(3)13-22(4)15-24/h5-15,20,28H,16-19H2,1-4H3,(H,33,36)/t28-/m1/s1. The summed E-state index contributed by atoms with van der Waals surface area (Å²) in [7, 11) is 0. The molecule has 0 bridgehead atoms. The number of ether oxygens (including phenoxy) is 1. The van der Waals surface area contributed by atoms with Crippen molar-refractivity contribution in [2.45, 2.75) is 46.7 Å². The lowest BCUT2D eigenvalue weighted by atomic mass is 10.0. The maximum atomic E-state index is 13.7. The van der Waals surface area contributed by atoms with Crippen LogP contribution in [0.25, 0.3) is 0 Å². The largest absolute Gasteiger partial charge is 0.484 e. The second kappa shape index (κ2) is 13.5. The van der Waals surface area contributed by atoms with Gasteiger partial charge >= 0.3 is 0 Å². The molecule has 3 aromatic rings. The molecule has 0 fully saturated rings. The van der Waals surface area contributed by atoms with Crippen molar-refractivity contribution in [1.29, 1.82) is 0 Å². The van der Waals surface area contributed by atoms with Crippen molar-refractivity contribution in [2.24, 2.45) is 5.92 Å². The fourth-order valence-corrected chi connectivity index (χ4v) is 4.59. The molecule has 3 rings (SSSR count). The summed E-state index contributed by atoms with van der Waals surface area (Å²) >= 11 is 13.0. The summed E-state index contributed by atoms with van der Waals surface area (Å²) < 4.78 is 5.90. The molecule has 3 aromatic carbocycles. The van der Waals surface area contributed by atoms with E-state index in [9.17, 15) is 9.59 Å². The summed E-state index contributed by atoms with van der Waals surface area (Å²) in [6.45, 7) is 8.34. The van der Waals surface area contributed by atoms with Crippen LogP contribution in [0.5, 0.6) is 5.75 Å². The lowest BCUT2D eigenvalue weighted by molar-refractivity contribution is -0.142. The van der Waals surface area contributed by atoms with E-state index in [1.54, 1.807) is 18.2 Å². The topological polar surface area (TPSA) is 58.6 Å². The average molecular weight is 542 g/mol. The van der Waals surface area contributed by atoms with Crippen molar-refractivity contribution in [2.75, 3.05) is 13.2 Å². The van der Waals surface area contributed by atoms with Crippen molar-refractivity contribution in [1.82, 2.24) is 10.2 Å². The number of aryl methyl sites for hydroxylation is 2. The first-order valence-corrected chi connectivity index (χ1v) is 13.1. The molecule has 0 unspecified atom stereocenters. The Balaban J connectivity index is 1.96. The predicted molar refractivity (Wildman–Crippen MR) is 150 cm³/mol. The van der Waals surface area contributed by atoms with Gasteiger partial charge in [0.05, 0.1) is 0 Å². The number of carbonyl (C=O) groups excluding carboxylic acids is 2. The molecule has 5 nitrogen and oxygen atoms in total. The van der Waals surface area contributed by atoms with Crippen molar-refractivity contribution in [3.63, 3.8) is 0 Å². The Hall–Kier alpha value is -3.02. The molecule has 0 aliphatic heterocycles. The van der Waals surface area contributed by atoms with E-state index < -0.39 is 6.04 Å². The van der Waals surface area contributed by atoms with Gasteiger partial charge in [0.15, 0.2) is 6.61 Å². The van der Waals surface area contributed by atoms with E-state index >= 15 is 0 Å². The number of carbonyl (C=O) groups is 2. The van der Waals surface area contributed by atoms with Crippen LogP contribution >= 0.6 is 23.2 Å². The number of hydrogen-bond donors (Lipinski definition) is 1. The van der Waals surface area contributed by atoms with Gasteiger partial charge in [-0.1, -0.05) is 79.5 Å². The van der Waals surface area contributed by atoms with Crippen LogP contribution in [-0.2, 0) is 22.6 Å². The molecular weight excluding hydrogens is 507 g/mol. The number of hydrogen-bond acceptors (Lipinski definition) is 3. The molecule has 0 heterocycles. The molecule has 0 aromatic heterocycles. The second-order valence-electron chi connectivity index (χ2n) is 9.68. The Morgan fingerprint density at radius 3 is 2.14 bits per heavy atom. The van der Waals surface area contributed by atoms with Gasteiger partial charge < -0.3 is 15.0 Å². The minimum atomic E-state index is -0.788. The third-order valence-corrected chi connectivity index (χ3v) is 6.61. The van der Waals surface area contributed by atoms with Gasteiger partial charge in [0.2, 0.25) is 5.91 Å². The summed E-state index contributed by atoms with van der Waals surface area (Å²) in [6, 6.07) is 19.8. The minimum Gasteiger partial charge on any atom is -0.484 e. The van der Waals surface area contributed by atoms with E-state index in [0.717, 1.165) is 16.7 Å². The van der Waals surface area contributed by atoms with Crippen molar-refractivity contribution >= 4 is 35.0 Å². The molecule has 196 valence electrons. The van der Waals surface area contributed by atoms with Crippen LogP contribution in [0.2, 0.25) is 10.0 Å². The first-order valence-electron chi connectivity index (χ1n) is 12.4. The highest BCUT2D eigenvalue weighted by Crippen LogP contribution is 2.27. The van der Waals surface area contributed by atoms with Gasteiger partial charge in [0.25, 0.3) is 5.91 Å². The molecule has 0 spiro atoms. The highest BCUT2D eigenvalue weighted by molar-refractivity contribution is 6.36. The molecule has 7 heteroatoms. The third kappa shape index (κ3) is 8.51. The SMILES string of the molecule is Cc1cc(C)cc(OCC(=O)N(Cc2c(Cl)cccc2Cl)[C@H](Cc2ccccc2)C(=O)NCC(C)C)c1. The Kier molecular flexibility index (Phi) is 10.4. The van der Waals surface area contributed by atoms with E-state index in [4.69, 9.17) is 27.9 Å². The molecule has 1 atom stereocenters. The Labute approximate surface area is 229 Å². The predicted octanol–water partition coefficient (Wildman–Crippen LogP) is 6.40. The van der Waals surface area contributed by atoms with E-state index in [-0.39, 0.29) is 30.9 Å². The highest BCUT2D eigenvalue weighted by atomic mass is 35.5. The minimum absolute atomic E-state index is 0.0696. The van der Waals surface area contributed by atoms with Crippen molar-refractivity contribution in [3.05, 3.63) is 99.0 Å². The molecule has 0 aliphatic carbocycles. The van der Waals surface area contributed by atoms with E-state index in [1.165, 1.54) is 4.90 Å². The van der Waals surface area contributed by atoms with E-state index in [1.807, 2.05) is 76.2 Å². The fourth-order valence-electron chi connectivity index (χ4n) is 4.07. The average Bonchev–Trinajstić information content (AvgIpc) is 2.84. The number of nitrogens with one attached hydrogen (secondary N) is 1. The molecule has 0 saturated carbocycles. The van der Waals surface area contributed by atoms with Gasteiger partial charge in [0.1, 0.15) is 11.8 Å². The molecule has 37 heavy (non-hydrogen) atoms. The number of benzene rings is 3. The van der Waals surface area contributed by atoms with Gasteiger partial charge in [-0.25, -0.2) is 0 Å². The zero-order chi connectivity index (χ0) is 26.9.